The maximum atomic E-state index is 11.5. The zero-order chi connectivity index (χ0) is 12.0. The van der Waals surface area contributed by atoms with Crippen LogP contribution in [0.3, 0.4) is 0 Å². The van der Waals surface area contributed by atoms with Crippen molar-refractivity contribution in [2.75, 3.05) is 6.61 Å². The van der Waals surface area contributed by atoms with Gasteiger partial charge in [0.05, 0.1) is 11.7 Å². The molecule has 3 heteroatoms. The van der Waals surface area contributed by atoms with Crippen molar-refractivity contribution in [2.45, 2.75) is 38.4 Å². The van der Waals surface area contributed by atoms with E-state index in [9.17, 15) is 4.79 Å². The summed E-state index contributed by atoms with van der Waals surface area (Å²) in [6, 6.07) is 0. The van der Waals surface area contributed by atoms with Crippen LogP contribution < -0.4 is 0 Å². The minimum Gasteiger partial charge on any atom is -0.459 e. The lowest BCUT2D eigenvalue weighted by Crippen LogP contribution is -2.34. The van der Waals surface area contributed by atoms with Gasteiger partial charge in [-0.2, -0.15) is 0 Å². The molecule has 3 nitrogen and oxygen atoms in total. The highest BCUT2D eigenvalue weighted by molar-refractivity contribution is 5.91. The second-order valence-corrected chi connectivity index (χ2v) is 5.32. The molecule has 1 aliphatic carbocycles. The van der Waals surface area contributed by atoms with Gasteiger partial charge in [0.1, 0.15) is 12.7 Å². The molecule has 0 amide bonds. The van der Waals surface area contributed by atoms with Gasteiger partial charge >= 0.3 is 5.97 Å². The van der Waals surface area contributed by atoms with E-state index >= 15 is 0 Å². The van der Waals surface area contributed by atoms with Gasteiger partial charge in [-0.25, -0.2) is 4.79 Å². The first-order valence-electron chi connectivity index (χ1n) is 6.38. The van der Waals surface area contributed by atoms with E-state index in [2.05, 4.69) is 13.5 Å². The lowest BCUT2D eigenvalue weighted by Gasteiger charge is -2.36. The van der Waals surface area contributed by atoms with Crippen LogP contribution >= 0.6 is 0 Å². The van der Waals surface area contributed by atoms with Crippen LogP contribution in [0.5, 0.6) is 0 Å². The third kappa shape index (κ3) is 1.73. The summed E-state index contributed by atoms with van der Waals surface area (Å²) in [6.45, 7) is 6.82. The number of esters is 1. The SMILES string of the molecule is C=C1C(C)CCC2OC3COC(=O)C3=CCC12. The second-order valence-electron chi connectivity index (χ2n) is 5.32. The molecular weight excluding hydrogens is 216 g/mol. The average Bonchev–Trinajstić information content (AvgIpc) is 2.56. The van der Waals surface area contributed by atoms with E-state index in [1.54, 1.807) is 0 Å². The average molecular weight is 234 g/mol. The van der Waals surface area contributed by atoms with Gasteiger partial charge in [-0.05, 0) is 25.2 Å². The lowest BCUT2D eigenvalue weighted by atomic mass is 9.75. The molecule has 0 aromatic rings. The Hall–Kier alpha value is -1.09. The molecule has 0 aromatic carbocycles. The smallest absolute Gasteiger partial charge is 0.336 e. The molecule has 0 N–H and O–H groups in total. The summed E-state index contributed by atoms with van der Waals surface area (Å²) < 4.78 is 11.1. The van der Waals surface area contributed by atoms with Gasteiger partial charge in [-0.3, -0.25) is 0 Å². The number of hydrogen-bond acceptors (Lipinski definition) is 3. The highest BCUT2D eigenvalue weighted by Gasteiger charge is 2.40. The fraction of sp³-hybridized carbons (Fsp3) is 0.643. The van der Waals surface area contributed by atoms with Crippen LogP contribution in [0.15, 0.2) is 23.8 Å². The molecular formula is C14H18O3. The Kier molecular flexibility index (Phi) is 2.58. The summed E-state index contributed by atoms with van der Waals surface area (Å²) in [5, 5.41) is 0. The van der Waals surface area contributed by atoms with Crippen LogP contribution in [0.4, 0.5) is 0 Å². The van der Waals surface area contributed by atoms with Gasteiger partial charge in [0.25, 0.3) is 0 Å². The van der Waals surface area contributed by atoms with Crippen molar-refractivity contribution in [1.29, 1.82) is 0 Å². The summed E-state index contributed by atoms with van der Waals surface area (Å²) >= 11 is 0. The highest BCUT2D eigenvalue weighted by Crippen LogP contribution is 2.40. The fourth-order valence-corrected chi connectivity index (χ4v) is 3.12. The number of rotatable bonds is 0. The van der Waals surface area contributed by atoms with Crippen LogP contribution in [0.1, 0.15) is 26.2 Å². The zero-order valence-electron chi connectivity index (χ0n) is 10.1. The minimum atomic E-state index is -0.202. The van der Waals surface area contributed by atoms with Crippen LogP contribution in [-0.4, -0.2) is 24.8 Å². The molecule has 4 atom stereocenters. The molecule has 1 saturated carbocycles. The minimum absolute atomic E-state index is 0.140. The molecule has 0 radical (unpaired) electrons. The first-order chi connectivity index (χ1) is 8.16. The number of hydrogen-bond donors (Lipinski definition) is 0. The van der Waals surface area contributed by atoms with E-state index in [1.807, 2.05) is 6.08 Å². The summed E-state index contributed by atoms with van der Waals surface area (Å²) in [6.07, 6.45) is 5.15. The molecule has 0 spiro atoms. The van der Waals surface area contributed by atoms with Crippen molar-refractivity contribution in [3.8, 4) is 0 Å². The molecule has 0 aromatic heterocycles. The predicted octanol–water partition coefficient (Wildman–Crippen LogP) is 2.23. The van der Waals surface area contributed by atoms with Crippen LogP contribution in [0.2, 0.25) is 0 Å². The van der Waals surface area contributed by atoms with Gasteiger partial charge in [-0.15, -0.1) is 0 Å². The number of carbonyl (C=O) groups is 1. The number of carbonyl (C=O) groups excluding carboxylic acids is 1. The Morgan fingerprint density at radius 2 is 2.24 bits per heavy atom. The van der Waals surface area contributed by atoms with E-state index < -0.39 is 0 Å². The van der Waals surface area contributed by atoms with E-state index in [0.29, 0.717) is 18.4 Å². The molecule has 1 saturated heterocycles. The Labute approximate surface area is 101 Å². The normalized spacial score (nSPS) is 41.1. The summed E-state index contributed by atoms with van der Waals surface area (Å²) in [4.78, 5) is 11.5. The van der Waals surface area contributed by atoms with Gasteiger partial charge in [0, 0.05) is 5.92 Å². The predicted molar refractivity (Wildman–Crippen MR) is 63.3 cm³/mol. The topological polar surface area (TPSA) is 35.5 Å². The second kappa shape index (κ2) is 3.98. The monoisotopic (exact) mass is 234 g/mol. The van der Waals surface area contributed by atoms with Crippen molar-refractivity contribution in [1.82, 2.24) is 0 Å². The summed E-state index contributed by atoms with van der Waals surface area (Å²) in [7, 11) is 0. The lowest BCUT2D eigenvalue weighted by molar-refractivity contribution is -0.135. The Balaban J connectivity index is 1.86. The van der Waals surface area contributed by atoms with Crippen molar-refractivity contribution in [2.24, 2.45) is 11.8 Å². The number of allylic oxidation sites excluding steroid dienone is 1. The number of cyclic esters (lactones) is 1. The fourth-order valence-electron chi connectivity index (χ4n) is 3.12. The van der Waals surface area contributed by atoms with E-state index in [1.165, 1.54) is 5.57 Å². The summed E-state index contributed by atoms with van der Waals surface area (Å²) in [5.74, 6) is 0.750. The Morgan fingerprint density at radius 3 is 3.06 bits per heavy atom. The van der Waals surface area contributed by atoms with E-state index in [0.717, 1.165) is 24.8 Å². The molecule has 2 fully saturated rings. The molecule has 3 rings (SSSR count). The highest BCUT2D eigenvalue weighted by atomic mass is 16.6. The number of fused-ring (bicyclic) bond motifs is 2. The molecule has 2 heterocycles. The third-order valence-corrected chi connectivity index (χ3v) is 4.32. The first kappa shape index (κ1) is 11.0. The van der Waals surface area contributed by atoms with Crippen LogP contribution in [0, 0.1) is 11.8 Å². The number of ether oxygens (including phenoxy) is 2. The molecule has 17 heavy (non-hydrogen) atoms. The first-order valence-corrected chi connectivity index (χ1v) is 6.38. The van der Waals surface area contributed by atoms with Gasteiger partial charge < -0.3 is 9.47 Å². The van der Waals surface area contributed by atoms with Crippen molar-refractivity contribution < 1.29 is 14.3 Å². The van der Waals surface area contributed by atoms with Gasteiger partial charge in [0.15, 0.2) is 0 Å². The third-order valence-electron chi connectivity index (χ3n) is 4.32. The maximum absolute atomic E-state index is 11.5. The Morgan fingerprint density at radius 1 is 1.41 bits per heavy atom. The summed E-state index contributed by atoms with van der Waals surface area (Å²) in [5.41, 5.74) is 2.01. The van der Waals surface area contributed by atoms with Crippen molar-refractivity contribution in [3.05, 3.63) is 23.8 Å². The molecule has 3 aliphatic rings. The van der Waals surface area contributed by atoms with Crippen molar-refractivity contribution in [3.63, 3.8) is 0 Å². The maximum Gasteiger partial charge on any atom is 0.336 e. The molecule has 2 aliphatic heterocycles. The van der Waals surface area contributed by atoms with Crippen molar-refractivity contribution >= 4 is 5.97 Å². The van der Waals surface area contributed by atoms with Gasteiger partial charge in [-0.1, -0.05) is 25.2 Å². The standard InChI is InChI=1S/C14H18O3/c1-8-3-6-12-10(9(8)2)4-5-11-13(17-12)7-16-14(11)15/h5,8,10,12-13H,2-4,6-7H2,1H3. The molecule has 0 bridgehead atoms. The quantitative estimate of drug-likeness (QED) is 0.476. The van der Waals surface area contributed by atoms with E-state index in [4.69, 9.17) is 9.47 Å². The van der Waals surface area contributed by atoms with Gasteiger partial charge in [0.2, 0.25) is 0 Å². The zero-order valence-corrected chi connectivity index (χ0v) is 10.1. The van der Waals surface area contributed by atoms with E-state index in [-0.39, 0.29) is 18.2 Å². The molecule has 92 valence electrons. The van der Waals surface area contributed by atoms with Crippen LogP contribution in [0.25, 0.3) is 0 Å². The van der Waals surface area contributed by atoms with Crippen LogP contribution in [-0.2, 0) is 14.3 Å². The Bertz CT molecular complexity index is 396. The largest absolute Gasteiger partial charge is 0.459 e. The molecule has 4 unspecified atom stereocenters.